The van der Waals surface area contributed by atoms with E-state index in [2.05, 4.69) is 9.47 Å². The summed E-state index contributed by atoms with van der Waals surface area (Å²) in [6, 6.07) is 6.53. The van der Waals surface area contributed by atoms with Crippen LogP contribution in [0.2, 0.25) is 0 Å². The summed E-state index contributed by atoms with van der Waals surface area (Å²) in [5.74, 6) is -1.10. The maximum Gasteiger partial charge on any atom is 0.346 e. The van der Waals surface area contributed by atoms with E-state index in [1.54, 1.807) is 24.3 Å². The molecule has 0 amide bonds. The number of carbonyl (C=O) groups excluding carboxylic acids is 2. The maximum atomic E-state index is 10.8. The molecule has 1 aliphatic heterocycles. The van der Waals surface area contributed by atoms with E-state index in [0.29, 0.717) is 24.3 Å². The third kappa shape index (κ3) is 7.81. The summed E-state index contributed by atoms with van der Waals surface area (Å²) in [6.07, 6.45) is 0. The maximum absolute atomic E-state index is 10.8. The summed E-state index contributed by atoms with van der Waals surface area (Å²) in [4.78, 5) is 21.7. The number of carbonyl (C=O) groups is 2. The molecule has 1 aliphatic rings. The molecule has 124 valence electrons. The second kappa shape index (κ2) is 12.9. The summed E-state index contributed by atoms with van der Waals surface area (Å²) in [5, 5.41) is 31.4. The first-order valence-electron chi connectivity index (χ1n) is 6.49. The van der Waals surface area contributed by atoms with Gasteiger partial charge in [-0.1, -0.05) is 12.1 Å². The molecule has 0 fully saturated rings. The Labute approximate surface area is 127 Å². The Kier molecular flexibility index (Phi) is 11.8. The molecule has 1 aromatic carbocycles. The quantitative estimate of drug-likeness (QED) is 0.307. The molecule has 8 nitrogen and oxygen atoms in total. The molecule has 0 aliphatic carbocycles. The second-order valence-electron chi connectivity index (χ2n) is 3.73. The number of ether oxygens (including phenoxy) is 2. The molecule has 8 heteroatoms. The third-order valence-corrected chi connectivity index (χ3v) is 2.12. The average molecular weight is 316 g/mol. The van der Waals surface area contributed by atoms with Crippen LogP contribution in [0.5, 0.6) is 0 Å². The molecule has 0 saturated heterocycles. The van der Waals surface area contributed by atoms with E-state index in [-0.39, 0.29) is 26.4 Å². The van der Waals surface area contributed by atoms with Crippen LogP contribution in [0.4, 0.5) is 0 Å². The highest BCUT2D eigenvalue weighted by atomic mass is 16.6. The number of hydrogen-bond acceptors (Lipinski definition) is 8. The summed E-state index contributed by atoms with van der Waals surface area (Å²) in [5.41, 5.74) is 0.718. The van der Waals surface area contributed by atoms with Gasteiger partial charge in [0, 0.05) is 0 Å². The lowest BCUT2D eigenvalue weighted by Crippen LogP contribution is -2.03. The van der Waals surface area contributed by atoms with Gasteiger partial charge < -0.3 is 29.9 Å². The lowest BCUT2D eigenvalue weighted by atomic mass is 10.1. The predicted molar refractivity (Wildman–Crippen MR) is 75.4 cm³/mol. The van der Waals surface area contributed by atoms with Crippen molar-refractivity contribution in [2.75, 3.05) is 39.6 Å². The van der Waals surface area contributed by atoms with Crippen LogP contribution >= 0.6 is 0 Å². The van der Waals surface area contributed by atoms with Crippen molar-refractivity contribution in [3.8, 4) is 0 Å². The Morgan fingerprint density at radius 2 is 1.18 bits per heavy atom. The van der Waals surface area contributed by atoms with Crippen molar-refractivity contribution in [1.82, 2.24) is 0 Å². The Bertz CT molecular complexity index is 407. The molecule has 0 aromatic heterocycles. The van der Waals surface area contributed by atoms with Crippen LogP contribution in [0.15, 0.2) is 24.3 Å². The average Bonchev–Trinajstić information content (AvgIpc) is 2.84. The van der Waals surface area contributed by atoms with Gasteiger partial charge >= 0.3 is 11.9 Å². The second-order valence-corrected chi connectivity index (χ2v) is 3.73. The minimum Gasteiger partial charge on any atom is -0.394 e. The van der Waals surface area contributed by atoms with Crippen LogP contribution in [-0.4, -0.2) is 72.0 Å². The number of aliphatic hydroxyl groups excluding tert-OH is 4. The lowest BCUT2D eigenvalue weighted by molar-refractivity contribution is 0.0443. The molecule has 0 bridgehead atoms. The highest BCUT2D eigenvalue weighted by molar-refractivity contribution is 6.14. The van der Waals surface area contributed by atoms with Gasteiger partial charge in [0.25, 0.3) is 0 Å². The molecular weight excluding hydrogens is 296 g/mol. The fraction of sp³-hybridized carbons (Fsp3) is 0.429. The van der Waals surface area contributed by atoms with Crippen LogP contribution in [0.3, 0.4) is 0 Å². The molecule has 0 saturated carbocycles. The summed E-state index contributed by atoms with van der Waals surface area (Å²) >= 11 is 0. The van der Waals surface area contributed by atoms with Crippen LogP contribution in [0.25, 0.3) is 0 Å². The number of aliphatic hydroxyl groups is 4. The van der Waals surface area contributed by atoms with Crippen molar-refractivity contribution in [2.45, 2.75) is 0 Å². The normalized spacial score (nSPS) is 11.6. The van der Waals surface area contributed by atoms with E-state index >= 15 is 0 Å². The fourth-order valence-corrected chi connectivity index (χ4v) is 1.26. The number of fused-ring (bicyclic) bond motifs is 1. The van der Waals surface area contributed by atoms with Crippen molar-refractivity contribution < 1.29 is 39.5 Å². The van der Waals surface area contributed by atoms with E-state index in [1.807, 2.05) is 0 Å². The molecule has 22 heavy (non-hydrogen) atoms. The minimum atomic E-state index is -0.550. The molecule has 0 spiro atoms. The largest absolute Gasteiger partial charge is 0.394 e. The first kappa shape index (κ1) is 20.2. The first-order valence-corrected chi connectivity index (χ1v) is 6.49. The number of esters is 2. The zero-order valence-corrected chi connectivity index (χ0v) is 12.0. The zero-order chi connectivity index (χ0) is 16.8. The number of rotatable bonds is 5. The summed E-state index contributed by atoms with van der Waals surface area (Å²) in [7, 11) is 0. The van der Waals surface area contributed by atoms with E-state index in [0.717, 1.165) is 0 Å². The van der Waals surface area contributed by atoms with Crippen LogP contribution in [0.1, 0.15) is 20.7 Å². The standard InChI is InChI=1S/C8H4O3.C4H10O3.C2H6O2/c9-7-5-3-1-2-4-6(5)8(10)11-7;5-1-3-7-4-2-6;3-1-2-4/h1-4H;5-6H,1-4H2;3-4H,1-2H2. The van der Waals surface area contributed by atoms with Crippen molar-refractivity contribution in [2.24, 2.45) is 0 Å². The highest BCUT2D eigenvalue weighted by Gasteiger charge is 2.28. The van der Waals surface area contributed by atoms with Gasteiger partial charge in [0.1, 0.15) is 0 Å². The van der Waals surface area contributed by atoms with Crippen LogP contribution in [-0.2, 0) is 9.47 Å². The van der Waals surface area contributed by atoms with Gasteiger partial charge in [0.05, 0.1) is 50.8 Å². The van der Waals surface area contributed by atoms with E-state index in [4.69, 9.17) is 20.4 Å². The molecular formula is C14H20O8. The molecule has 1 heterocycles. The van der Waals surface area contributed by atoms with Crippen molar-refractivity contribution in [3.63, 3.8) is 0 Å². The third-order valence-electron chi connectivity index (χ3n) is 2.12. The van der Waals surface area contributed by atoms with E-state index < -0.39 is 11.9 Å². The Hall–Kier alpha value is -1.84. The molecule has 1 aromatic rings. The van der Waals surface area contributed by atoms with Gasteiger partial charge in [-0.2, -0.15) is 0 Å². The van der Waals surface area contributed by atoms with Gasteiger partial charge in [-0.05, 0) is 12.1 Å². The Balaban J connectivity index is 0.000000348. The Morgan fingerprint density at radius 1 is 0.773 bits per heavy atom. The topological polar surface area (TPSA) is 134 Å². The minimum absolute atomic E-state index is 0.0278. The number of hydrogen-bond donors (Lipinski definition) is 4. The predicted octanol–water partition coefficient (Wildman–Crippen LogP) is -1.04. The SMILES string of the molecule is O=C1OC(=O)c2ccccc21.OCCO.OCCOCCO. The molecule has 0 unspecified atom stereocenters. The summed E-state index contributed by atoms with van der Waals surface area (Å²) in [6.45, 7) is 0.446. The van der Waals surface area contributed by atoms with Gasteiger partial charge in [0.2, 0.25) is 0 Å². The first-order chi connectivity index (χ1) is 10.6. The van der Waals surface area contributed by atoms with Gasteiger partial charge in [-0.15, -0.1) is 0 Å². The smallest absolute Gasteiger partial charge is 0.346 e. The Morgan fingerprint density at radius 3 is 1.50 bits per heavy atom. The van der Waals surface area contributed by atoms with Crippen molar-refractivity contribution >= 4 is 11.9 Å². The van der Waals surface area contributed by atoms with Gasteiger partial charge in [-0.3, -0.25) is 0 Å². The number of benzene rings is 1. The molecule has 2 rings (SSSR count). The van der Waals surface area contributed by atoms with Crippen molar-refractivity contribution in [3.05, 3.63) is 35.4 Å². The lowest BCUT2D eigenvalue weighted by Gasteiger charge is -1.94. The summed E-state index contributed by atoms with van der Waals surface area (Å²) < 4.78 is 8.99. The van der Waals surface area contributed by atoms with Crippen LogP contribution < -0.4 is 0 Å². The molecule has 4 N–H and O–H groups in total. The molecule has 0 atom stereocenters. The number of cyclic esters (lactones) is 2. The van der Waals surface area contributed by atoms with E-state index in [1.165, 1.54) is 0 Å². The van der Waals surface area contributed by atoms with Gasteiger partial charge in [-0.25, -0.2) is 9.59 Å². The van der Waals surface area contributed by atoms with Crippen LogP contribution in [0, 0.1) is 0 Å². The highest BCUT2D eigenvalue weighted by Crippen LogP contribution is 2.18. The van der Waals surface area contributed by atoms with Gasteiger partial charge in [0.15, 0.2) is 0 Å². The zero-order valence-electron chi connectivity index (χ0n) is 12.0. The molecule has 0 radical (unpaired) electrons. The monoisotopic (exact) mass is 316 g/mol. The van der Waals surface area contributed by atoms with Crippen molar-refractivity contribution in [1.29, 1.82) is 0 Å². The van der Waals surface area contributed by atoms with E-state index in [9.17, 15) is 9.59 Å². The fourth-order valence-electron chi connectivity index (χ4n) is 1.26.